The highest BCUT2D eigenvalue weighted by molar-refractivity contribution is 5.69. The summed E-state index contributed by atoms with van der Waals surface area (Å²) in [7, 11) is 0. The minimum absolute atomic E-state index is 0.196. The molecule has 0 saturated heterocycles. The summed E-state index contributed by atoms with van der Waals surface area (Å²) in [6.45, 7) is 11.5. The Morgan fingerprint density at radius 2 is 1.80 bits per heavy atom. The Hall–Kier alpha value is -0.570. The maximum absolute atomic E-state index is 11.1. The normalized spacial score (nSPS) is 25.7. The van der Waals surface area contributed by atoms with Gasteiger partial charge in [-0.25, -0.2) is 0 Å². The first-order valence-electron chi connectivity index (χ1n) is 8.29. The molecule has 0 aromatic rings. The lowest BCUT2D eigenvalue weighted by Crippen LogP contribution is -2.47. The van der Waals surface area contributed by atoms with Crippen LogP contribution in [0.1, 0.15) is 73.1 Å². The van der Waals surface area contributed by atoms with Crippen LogP contribution in [0, 0.1) is 11.3 Å². The van der Waals surface area contributed by atoms with Crippen molar-refractivity contribution in [3.05, 3.63) is 0 Å². The molecule has 0 aromatic heterocycles. The Kier molecular flexibility index (Phi) is 6.50. The van der Waals surface area contributed by atoms with Crippen LogP contribution in [-0.2, 0) is 4.79 Å². The highest BCUT2D eigenvalue weighted by Crippen LogP contribution is 2.41. The fraction of sp³-hybridized carbons (Fsp3) is 0.941. The summed E-state index contributed by atoms with van der Waals surface area (Å²) in [6.07, 6.45) is 7.06. The second kappa shape index (κ2) is 7.44. The highest BCUT2D eigenvalue weighted by Gasteiger charge is 2.34. The lowest BCUT2D eigenvalue weighted by atomic mass is 9.68. The number of nitrogens with zero attached hydrogens (tertiary/aromatic N) is 1. The molecule has 0 aliphatic heterocycles. The van der Waals surface area contributed by atoms with E-state index >= 15 is 0 Å². The van der Waals surface area contributed by atoms with Crippen LogP contribution < -0.4 is 0 Å². The standard InChI is InChI=1S/C17H33NO2/c1-6-13(3)18(12-16(19)20)15-10-8-14(9-11-15)17(4,5)7-2/h13-15H,6-12H2,1-5H3,(H,19,20). The van der Waals surface area contributed by atoms with Gasteiger partial charge < -0.3 is 5.11 Å². The van der Waals surface area contributed by atoms with Crippen molar-refractivity contribution in [3.8, 4) is 0 Å². The van der Waals surface area contributed by atoms with Gasteiger partial charge in [0.25, 0.3) is 0 Å². The van der Waals surface area contributed by atoms with Crippen LogP contribution in [0.15, 0.2) is 0 Å². The van der Waals surface area contributed by atoms with E-state index in [1.54, 1.807) is 0 Å². The van der Waals surface area contributed by atoms with Crippen LogP contribution in [-0.4, -0.2) is 34.6 Å². The van der Waals surface area contributed by atoms with E-state index in [0.29, 0.717) is 17.5 Å². The third kappa shape index (κ3) is 4.47. The van der Waals surface area contributed by atoms with E-state index < -0.39 is 5.97 Å². The molecule has 1 rings (SSSR count). The smallest absolute Gasteiger partial charge is 0.317 e. The van der Waals surface area contributed by atoms with Crippen LogP contribution in [0.3, 0.4) is 0 Å². The number of rotatable bonds is 7. The summed E-state index contributed by atoms with van der Waals surface area (Å²) >= 11 is 0. The van der Waals surface area contributed by atoms with Gasteiger partial charge in [-0.15, -0.1) is 0 Å². The van der Waals surface area contributed by atoms with Crippen molar-refractivity contribution >= 4 is 5.97 Å². The molecule has 1 aliphatic rings. The first-order chi connectivity index (χ1) is 9.31. The summed E-state index contributed by atoms with van der Waals surface area (Å²) in [5.41, 5.74) is 0.430. The molecule has 0 amide bonds. The second-order valence-electron chi connectivity index (χ2n) is 7.17. The maximum atomic E-state index is 11.1. The molecule has 1 atom stereocenters. The molecule has 0 radical (unpaired) electrons. The van der Waals surface area contributed by atoms with E-state index in [4.69, 9.17) is 5.11 Å². The third-order valence-corrected chi connectivity index (χ3v) is 5.66. The lowest BCUT2D eigenvalue weighted by molar-refractivity contribution is -0.140. The fourth-order valence-corrected chi connectivity index (χ4v) is 3.51. The SMILES string of the molecule is CCC(C)N(CC(=O)O)C1CCC(C(C)(C)CC)CC1. The highest BCUT2D eigenvalue weighted by atomic mass is 16.4. The van der Waals surface area contributed by atoms with Gasteiger partial charge in [0.15, 0.2) is 0 Å². The van der Waals surface area contributed by atoms with Crippen molar-refractivity contribution in [2.24, 2.45) is 11.3 Å². The van der Waals surface area contributed by atoms with Crippen LogP contribution in [0.4, 0.5) is 0 Å². The minimum Gasteiger partial charge on any atom is -0.480 e. The molecule has 1 N–H and O–H groups in total. The minimum atomic E-state index is -0.693. The van der Waals surface area contributed by atoms with E-state index in [2.05, 4.69) is 39.5 Å². The van der Waals surface area contributed by atoms with E-state index in [1.807, 2.05) is 0 Å². The molecule has 0 spiro atoms. The molecule has 0 aromatic carbocycles. The van der Waals surface area contributed by atoms with Gasteiger partial charge in [-0.2, -0.15) is 0 Å². The number of carboxylic acids is 1. The second-order valence-corrected chi connectivity index (χ2v) is 7.17. The van der Waals surface area contributed by atoms with Gasteiger partial charge >= 0.3 is 5.97 Å². The topological polar surface area (TPSA) is 40.5 Å². The number of carbonyl (C=O) groups is 1. The predicted molar refractivity (Wildman–Crippen MR) is 83.9 cm³/mol. The molecule has 1 unspecified atom stereocenters. The summed E-state index contributed by atoms with van der Waals surface area (Å²) in [4.78, 5) is 13.3. The molecular formula is C17H33NO2. The predicted octanol–water partition coefficient (Wildman–Crippen LogP) is 4.17. The summed E-state index contributed by atoms with van der Waals surface area (Å²) in [5.74, 6) is 0.105. The molecule has 20 heavy (non-hydrogen) atoms. The van der Waals surface area contributed by atoms with Crippen molar-refractivity contribution in [3.63, 3.8) is 0 Å². The van der Waals surface area contributed by atoms with Crippen LogP contribution in [0.5, 0.6) is 0 Å². The number of hydrogen-bond acceptors (Lipinski definition) is 2. The van der Waals surface area contributed by atoms with E-state index in [-0.39, 0.29) is 6.54 Å². The molecule has 3 nitrogen and oxygen atoms in total. The van der Waals surface area contributed by atoms with E-state index in [0.717, 1.165) is 25.2 Å². The number of carboxylic acid groups (broad SMARTS) is 1. The van der Waals surface area contributed by atoms with Crippen LogP contribution in [0.25, 0.3) is 0 Å². The number of aliphatic carboxylic acids is 1. The molecule has 1 fully saturated rings. The van der Waals surface area contributed by atoms with Gasteiger partial charge in [0.1, 0.15) is 0 Å². The molecule has 1 aliphatic carbocycles. The van der Waals surface area contributed by atoms with Gasteiger partial charge in [-0.1, -0.05) is 34.1 Å². The quantitative estimate of drug-likeness (QED) is 0.762. The monoisotopic (exact) mass is 283 g/mol. The Morgan fingerprint density at radius 3 is 2.20 bits per heavy atom. The Bertz CT molecular complexity index is 306. The first-order valence-corrected chi connectivity index (χ1v) is 8.29. The first kappa shape index (κ1) is 17.5. The van der Waals surface area contributed by atoms with E-state index in [9.17, 15) is 4.79 Å². The van der Waals surface area contributed by atoms with Crippen LogP contribution in [0.2, 0.25) is 0 Å². The van der Waals surface area contributed by atoms with Gasteiger partial charge in [0, 0.05) is 12.1 Å². The summed E-state index contributed by atoms with van der Waals surface area (Å²) < 4.78 is 0. The molecule has 1 saturated carbocycles. The lowest BCUT2D eigenvalue weighted by Gasteiger charge is -2.43. The molecular weight excluding hydrogens is 250 g/mol. The van der Waals surface area contributed by atoms with Gasteiger partial charge in [0.2, 0.25) is 0 Å². The van der Waals surface area contributed by atoms with Crippen molar-refractivity contribution in [2.45, 2.75) is 85.2 Å². The van der Waals surface area contributed by atoms with Gasteiger partial charge in [-0.05, 0) is 50.4 Å². The van der Waals surface area contributed by atoms with Gasteiger partial charge in [-0.3, -0.25) is 9.69 Å². The largest absolute Gasteiger partial charge is 0.480 e. The Morgan fingerprint density at radius 1 is 1.25 bits per heavy atom. The molecule has 118 valence electrons. The fourth-order valence-electron chi connectivity index (χ4n) is 3.51. The maximum Gasteiger partial charge on any atom is 0.317 e. The van der Waals surface area contributed by atoms with E-state index in [1.165, 1.54) is 19.3 Å². The Labute approximate surface area is 124 Å². The average Bonchev–Trinajstić information content (AvgIpc) is 2.44. The third-order valence-electron chi connectivity index (χ3n) is 5.66. The van der Waals surface area contributed by atoms with Crippen molar-refractivity contribution in [1.29, 1.82) is 0 Å². The Balaban J connectivity index is 2.63. The van der Waals surface area contributed by atoms with Crippen molar-refractivity contribution in [1.82, 2.24) is 4.90 Å². The zero-order chi connectivity index (χ0) is 15.3. The van der Waals surface area contributed by atoms with Crippen molar-refractivity contribution in [2.75, 3.05) is 6.54 Å². The molecule has 0 heterocycles. The van der Waals surface area contributed by atoms with Gasteiger partial charge in [0.05, 0.1) is 6.54 Å². The zero-order valence-electron chi connectivity index (χ0n) is 14.0. The molecule has 0 bridgehead atoms. The molecule has 3 heteroatoms. The van der Waals surface area contributed by atoms with Crippen molar-refractivity contribution < 1.29 is 9.90 Å². The summed E-state index contributed by atoms with van der Waals surface area (Å²) in [6, 6.07) is 0.830. The summed E-state index contributed by atoms with van der Waals surface area (Å²) in [5, 5.41) is 9.14. The average molecular weight is 283 g/mol. The zero-order valence-corrected chi connectivity index (χ0v) is 14.0. The van der Waals surface area contributed by atoms with Crippen LogP contribution >= 0.6 is 0 Å². The number of hydrogen-bond donors (Lipinski definition) is 1.